The second-order valence-electron chi connectivity index (χ2n) is 9.67. The van der Waals surface area contributed by atoms with Gasteiger partial charge in [0.05, 0.1) is 24.6 Å². The number of piperazine rings is 1. The molecule has 4 saturated heterocycles. The van der Waals surface area contributed by atoms with Gasteiger partial charge in [-0.3, -0.25) is 4.90 Å². The summed E-state index contributed by atoms with van der Waals surface area (Å²) < 4.78 is 17.3. The van der Waals surface area contributed by atoms with Gasteiger partial charge in [0.25, 0.3) is 0 Å². The summed E-state index contributed by atoms with van der Waals surface area (Å²) >= 11 is 0. The van der Waals surface area contributed by atoms with E-state index in [9.17, 15) is 0 Å². The second-order valence-corrected chi connectivity index (χ2v) is 9.67. The molecule has 2 atom stereocenters. The molecule has 31 heavy (non-hydrogen) atoms. The average Bonchev–Trinajstić information content (AvgIpc) is 2.97. The highest BCUT2D eigenvalue weighted by molar-refractivity contribution is 6.62. The Morgan fingerprint density at radius 1 is 1.23 bits per heavy atom. The van der Waals surface area contributed by atoms with E-state index >= 15 is 0 Å². The molecule has 2 bridgehead atoms. The fourth-order valence-corrected chi connectivity index (χ4v) is 4.47. The Morgan fingerprint density at radius 3 is 2.45 bits per heavy atom. The van der Waals surface area contributed by atoms with Crippen molar-refractivity contribution in [2.24, 2.45) is 0 Å². The summed E-state index contributed by atoms with van der Waals surface area (Å²) in [4.78, 5) is 9.71. The number of hydrogen-bond donors (Lipinski definition) is 0. The maximum atomic E-state index is 6.15. The quantitative estimate of drug-likeness (QED) is 0.382. The molecule has 0 amide bonds. The van der Waals surface area contributed by atoms with Crippen LogP contribution >= 0.6 is 0 Å². The molecule has 7 heteroatoms. The lowest BCUT2D eigenvalue weighted by Gasteiger charge is -2.56. The van der Waals surface area contributed by atoms with Crippen molar-refractivity contribution in [1.82, 2.24) is 9.88 Å². The smallest absolute Gasteiger partial charge is 0.496 e. The summed E-state index contributed by atoms with van der Waals surface area (Å²) in [5.74, 6) is 1.03. The fourth-order valence-electron chi connectivity index (χ4n) is 4.47. The van der Waals surface area contributed by atoms with Crippen LogP contribution in [0.15, 0.2) is 55.0 Å². The zero-order chi connectivity index (χ0) is 22.2. The zero-order valence-electron chi connectivity index (χ0n) is 19.4. The van der Waals surface area contributed by atoms with Gasteiger partial charge in [0.2, 0.25) is 0 Å². The minimum absolute atomic E-state index is 0.341. The van der Waals surface area contributed by atoms with Crippen molar-refractivity contribution < 1.29 is 14.0 Å². The first-order chi connectivity index (χ1) is 14.7. The third-order valence-corrected chi connectivity index (χ3v) is 7.12. The third kappa shape index (κ3) is 4.31. The van der Waals surface area contributed by atoms with Crippen LogP contribution in [0.4, 0.5) is 5.82 Å². The van der Waals surface area contributed by atoms with Gasteiger partial charge in [-0.05, 0) is 51.8 Å². The Kier molecular flexibility index (Phi) is 6.03. The van der Waals surface area contributed by atoms with Gasteiger partial charge >= 0.3 is 7.12 Å². The van der Waals surface area contributed by atoms with Crippen LogP contribution in [0.5, 0.6) is 0 Å². The molecule has 4 fully saturated rings. The number of rotatable bonds is 7. The van der Waals surface area contributed by atoms with E-state index < -0.39 is 0 Å². The van der Waals surface area contributed by atoms with Gasteiger partial charge in [-0.1, -0.05) is 24.8 Å². The molecule has 0 saturated carbocycles. The molecule has 2 unspecified atom stereocenters. The largest absolute Gasteiger partial charge is 0.504 e. The predicted molar refractivity (Wildman–Crippen MR) is 125 cm³/mol. The van der Waals surface area contributed by atoms with Crippen LogP contribution in [-0.2, 0) is 14.0 Å². The van der Waals surface area contributed by atoms with Gasteiger partial charge in [-0.25, -0.2) is 4.98 Å². The van der Waals surface area contributed by atoms with Gasteiger partial charge in [0, 0.05) is 43.4 Å². The first-order valence-corrected chi connectivity index (χ1v) is 11.1. The number of fused-ring (bicyclic) bond motifs is 2. The normalized spacial score (nSPS) is 27.5. The van der Waals surface area contributed by atoms with Crippen molar-refractivity contribution in [2.75, 3.05) is 31.6 Å². The lowest BCUT2D eigenvalue weighted by Crippen LogP contribution is -2.69. The van der Waals surface area contributed by atoms with E-state index in [1.165, 1.54) is 12.0 Å². The monoisotopic (exact) mass is 423 g/mol. The SMILES string of the molecule is C=C/C(=C\C=C\OC)CN1C2CC1CN(c1ccc(B3OC(C)(C)C(C)(C)O3)cn1)C2. The van der Waals surface area contributed by atoms with Gasteiger partial charge in [0.15, 0.2) is 0 Å². The van der Waals surface area contributed by atoms with Crippen LogP contribution in [0.3, 0.4) is 0 Å². The van der Waals surface area contributed by atoms with E-state index in [2.05, 4.69) is 62.3 Å². The highest BCUT2D eigenvalue weighted by Gasteiger charge is 2.52. The summed E-state index contributed by atoms with van der Waals surface area (Å²) in [6.07, 6.45) is 10.8. The number of anilines is 1. The number of hydrogen-bond acceptors (Lipinski definition) is 6. The Morgan fingerprint density at radius 2 is 1.90 bits per heavy atom. The molecule has 0 radical (unpaired) electrons. The van der Waals surface area contributed by atoms with Crippen LogP contribution in [-0.4, -0.2) is 67.0 Å². The van der Waals surface area contributed by atoms with E-state index in [1.807, 2.05) is 18.3 Å². The van der Waals surface area contributed by atoms with Crippen LogP contribution in [0, 0.1) is 0 Å². The first kappa shape index (κ1) is 22.1. The molecule has 0 aromatic carbocycles. The van der Waals surface area contributed by atoms with Crippen LogP contribution in [0.25, 0.3) is 0 Å². The van der Waals surface area contributed by atoms with Crippen LogP contribution in [0.2, 0.25) is 0 Å². The summed E-state index contributed by atoms with van der Waals surface area (Å²) in [7, 11) is 1.29. The maximum Gasteiger partial charge on any atom is 0.496 e. The molecule has 0 N–H and O–H groups in total. The lowest BCUT2D eigenvalue weighted by atomic mass is 9.80. The van der Waals surface area contributed by atoms with Crippen LogP contribution in [0.1, 0.15) is 34.1 Å². The second kappa shape index (κ2) is 8.45. The Labute approximate surface area is 186 Å². The highest BCUT2D eigenvalue weighted by atomic mass is 16.7. The topological polar surface area (TPSA) is 47.1 Å². The molecule has 0 spiro atoms. The van der Waals surface area contributed by atoms with Gasteiger partial charge < -0.3 is 18.9 Å². The van der Waals surface area contributed by atoms with Crippen molar-refractivity contribution >= 4 is 18.4 Å². The van der Waals surface area contributed by atoms with E-state index in [1.54, 1.807) is 13.4 Å². The van der Waals surface area contributed by atoms with Crippen molar-refractivity contribution in [1.29, 1.82) is 0 Å². The molecule has 166 valence electrons. The molecule has 6 nitrogen and oxygen atoms in total. The number of methoxy groups -OCH3 is 1. The van der Waals surface area contributed by atoms with Gasteiger partial charge in [-0.15, -0.1) is 0 Å². The fraction of sp³-hybridized carbons (Fsp3) is 0.542. The third-order valence-electron chi connectivity index (χ3n) is 7.12. The average molecular weight is 423 g/mol. The van der Waals surface area contributed by atoms with E-state index in [0.29, 0.717) is 12.1 Å². The number of allylic oxidation sites excluding steroid dienone is 2. The van der Waals surface area contributed by atoms with E-state index in [-0.39, 0.29) is 18.3 Å². The molecular formula is C24H34BN3O3. The summed E-state index contributed by atoms with van der Waals surface area (Å²) in [5, 5.41) is 0. The summed E-state index contributed by atoms with van der Waals surface area (Å²) in [6, 6.07) is 5.29. The minimum Gasteiger partial charge on any atom is -0.504 e. The van der Waals surface area contributed by atoms with Crippen molar-refractivity contribution in [3.05, 3.63) is 55.0 Å². The molecule has 5 heterocycles. The molecule has 4 aliphatic heterocycles. The van der Waals surface area contributed by atoms with E-state index in [0.717, 1.165) is 30.9 Å². The predicted octanol–water partition coefficient (Wildman–Crippen LogP) is 2.92. The number of nitrogens with zero attached hydrogens (tertiary/aromatic N) is 3. The van der Waals surface area contributed by atoms with Crippen molar-refractivity contribution in [2.45, 2.75) is 57.4 Å². The standard InChI is InChI=1S/C24H34BN3O3/c1-7-18(9-8-12-29-6)15-28-20-13-21(28)17-27(16-20)22-11-10-19(14-26-22)25-30-23(2,3)24(4,5)31-25/h7-12,14,20-21H,1,13,15-17H2,2-6H3/b12-8+,18-9+. The Balaban J connectivity index is 1.36. The molecule has 0 aliphatic carbocycles. The van der Waals surface area contributed by atoms with Crippen molar-refractivity contribution in [3.8, 4) is 0 Å². The number of ether oxygens (including phenoxy) is 1. The minimum atomic E-state index is -0.368. The summed E-state index contributed by atoms with van der Waals surface area (Å²) in [5.41, 5.74) is 1.50. The van der Waals surface area contributed by atoms with Crippen molar-refractivity contribution in [3.63, 3.8) is 0 Å². The zero-order valence-corrected chi connectivity index (χ0v) is 19.4. The maximum absolute atomic E-state index is 6.15. The number of pyridine rings is 1. The molecule has 1 aromatic rings. The first-order valence-electron chi connectivity index (χ1n) is 11.1. The number of aromatic nitrogens is 1. The molecular weight excluding hydrogens is 389 g/mol. The van der Waals surface area contributed by atoms with Crippen LogP contribution < -0.4 is 10.4 Å². The van der Waals surface area contributed by atoms with Gasteiger partial charge in [-0.2, -0.15) is 0 Å². The number of piperidine rings is 1. The summed E-state index contributed by atoms with van der Waals surface area (Å²) in [6.45, 7) is 15.2. The highest BCUT2D eigenvalue weighted by Crippen LogP contribution is 2.37. The Bertz CT molecular complexity index is 837. The molecule has 1 aromatic heterocycles. The molecule has 4 aliphatic rings. The van der Waals surface area contributed by atoms with E-state index in [4.69, 9.17) is 19.0 Å². The Hall–Kier alpha value is -2.09. The lowest BCUT2D eigenvalue weighted by molar-refractivity contribution is 0.00578. The van der Waals surface area contributed by atoms with Gasteiger partial charge in [0.1, 0.15) is 5.82 Å². The molecule has 5 rings (SSSR count).